The van der Waals surface area contributed by atoms with E-state index in [0.29, 0.717) is 6.54 Å². The molecule has 1 aromatic heterocycles. The molecule has 0 N–H and O–H groups in total. The maximum absolute atomic E-state index is 12.0. The van der Waals surface area contributed by atoms with E-state index in [4.69, 9.17) is 9.26 Å². The first-order chi connectivity index (χ1) is 11.6. The van der Waals surface area contributed by atoms with Gasteiger partial charge in [-0.15, -0.1) is 0 Å². The van der Waals surface area contributed by atoms with E-state index in [1.54, 1.807) is 14.0 Å². The quantitative estimate of drug-likeness (QED) is 0.862. The highest BCUT2D eigenvalue weighted by molar-refractivity contribution is 5.74. The van der Waals surface area contributed by atoms with Crippen LogP contribution in [-0.2, 0) is 11.3 Å². The Hall–Kier alpha value is -2.34. The lowest BCUT2D eigenvalue weighted by atomic mass is 10.0. The maximum atomic E-state index is 12.0. The van der Waals surface area contributed by atoms with Crippen molar-refractivity contribution >= 4 is 5.91 Å². The Labute approximate surface area is 142 Å². The summed E-state index contributed by atoms with van der Waals surface area (Å²) >= 11 is 0. The molecule has 3 rings (SSSR count). The van der Waals surface area contributed by atoms with Crippen molar-refractivity contribution in [2.45, 2.75) is 26.4 Å². The van der Waals surface area contributed by atoms with Crippen molar-refractivity contribution in [3.63, 3.8) is 0 Å². The number of carbonyl (C=O) groups excluding carboxylic acids is 1. The number of rotatable bonds is 4. The van der Waals surface area contributed by atoms with Gasteiger partial charge in [0, 0.05) is 39.2 Å². The first-order valence-corrected chi connectivity index (χ1v) is 8.12. The molecule has 0 radical (unpaired) electrons. The molecular weight excluding hydrogens is 306 g/mol. The van der Waals surface area contributed by atoms with Crippen LogP contribution in [0, 0.1) is 6.92 Å². The van der Waals surface area contributed by atoms with Gasteiger partial charge in [-0.05, 0) is 24.6 Å². The van der Waals surface area contributed by atoms with Crippen molar-refractivity contribution in [2.75, 3.05) is 26.7 Å². The van der Waals surface area contributed by atoms with Crippen LogP contribution in [0.3, 0.4) is 0 Å². The molecule has 1 aliphatic heterocycles. The predicted molar refractivity (Wildman–Crippen MR) is 89.6 cm³/mol. The maximum Gasteiger partial charge on any atom is 0.220 e. The van der Waals surface area contributed by atoms with Crippen LogP contribution < -0.4 is 4.74 Å². The lowest BCUT2D eigenvalue weighted by molar-refractivity contribution is -0.134. The standard InChI is InChI=1S/C18H23N3O3/c1-13-10-16(19-24-13)11-20-8-9-21(14(2)22)18(12-20)15-4-6-17(23-3)7-5-15/h4-7,10,18H,8-9,11-12H2,1-3H3. The van der Waals surface area contributed by atoms with Crippen LogP contribution in [0.15, 0.2) is 34.9 Å². The highest BCUT2D eigenvalue weighted by Gasteiger charge is 2.30. The second-order valence-electron chi connectivity index (χ2n) is 6.17. The Balaban J connectivity index is 1.77. The number of hydrogen-bond acceptors (Lipinski definition) is 5. The van der Waals surface area contributed by atoms with Gasteiger partial charge in [-0.25, -0.2) is 0 Å². The number of hydrogen-bond donors (Lipinski definition) is 0. The molecule has 2 heterocycles. The predicted octanol–water partition coefficient (Wildman–Crippen LogP) is 2.40. The number of amides is 1. The van der Waals surface area contributed by atoms with Crippen LogP contribution in [0.2, 0.25) is 0 Å². The number of benzene rings is 1. The first-order valence-electron chi connectivity index (χ1n) is 8.12. The van der Waals surface area contributed by atoms with Crippen molar-refractivity contribution in [2.24, 2.45) is 0 Å². The second-order valence-corrected chi connectivity index (χ2v) is 6.17. The highest BCUT2D eigenvalue weighted by atomic mass is 16.5. The van der Waals surface area contributed by atoms with Gasteiger partial charge in [0.1, 0.15) is 11.5 Å². The van der Waals surface area contributed by atoms with Gasteiger partial charge in [0.2, 0.25) is 5.91 Å². The zero-order valence-electron chi connectivity index (χ0n) is 14.4. The topological polar surface area (TPSA) is 58.8 Å². The van der Waals surface area contributed by atoms with Crippen LogP contribution in [0.4, 0.5) is 0 Å². The summed E-state index contributed by atoms with van der Waals surface area (Å²) in [5.74, 6) is 1.74. The van der Waals surface area contributed by atoms with E-state index >= 15 is 0 Å². The fraction of sp³-hybridized carbons (Fsp3) is 0.444. The molecule has 6 nitrogen and oxygen atoms in total. The highest BCUT2D eigenvalue weighted by Crippen LogP contribution is 2.28. The number of nitrogens with zero attached hydrogens (tertiary/aromatic N) is 3. The summed E-state index contributed by atoms with van der Waals surface area (Å²) < 4.78 is 10.4. The minimum atomic E-state index is 0.0372. The monoisotopic (exact) mass is 329 g/mol. The molecular formula is C18H23N3O3. The van der Waals surface area contributed by atoms with Crippen molar-refractivity contribution in [3.05, 3.63) is 47.3 Å². The summed E-state index contributed by atoms with van der Waals surface area (Å²) in [5, 5.41) is 4.07. The van der Waals surface area contributed by atoms with E-state index in [9.17, 15) is 4.79 Å². The zero-order chi connectivity index (χ0) is 17.1. The number of aromatic nitrogens is 1. The minimum absolute atomic E-state index is 0.0372. The summed E-state index contributed by atoms with van der Waals surface area (Å²) in [6.07, 6.45) is 0. The van der Waals surface area contributed by atoms with Crippen molar-refractivity contribution in [3.8, 4) is 5.75 Å². The van der Waals surface area contributed by atoms with Gasteiger partial charge >= 0.3 is 0 Å². The number of carbonyl (C=O) groups is 1. The van der Waals surface area contributed by atoms with Gasteiger partial charge in [0.05, 0.1) is 18.8 Å². The van der Waals surface area contributed by atoms with E-state index in [-0.39, 0.29) is 11.9 Å². The van der Waals surface area contributed by atoms with E-state index in [1.165, 1.54) is 0 Å². The smallest absolute Gasteiger partial charge is 0.220 e. The molecule has 1 amide bonds. The van der Waals surface area contributed by atoms with Gasteiger partial charge in [-0.3, -0.25) is 9.69 Å². The summed E-state index contributed by atoms with van der Waals surface area (Å²) in [6, 6.07) is 9.93. The lowest BCUT2D eigenvalue weighted by Gasteiger charge is -2.41. The molecule has 1 aliphatic rings. The van der Waals surface area contributed by atoms with E-state index in [0.717, 1.165) is 42.4 Å². The largest absolute Gasteiger partial charge is 0.497 e. The molecule has 1 aromatic carbocycles. The van der Waals surface area contributed by atoms with Gasteiger partial charge in [-0.1, -0.05) is 17.3 Å². The Morgan fingerprint density at radius 2 is 2.08 bits per heavy atom. The third-order valence-electron chi connectivity index (χ3n) is 4.43. The van der Waals surface area contributed by atoms with Gasteiger partial charge in [0.25, 0.3) is 0 Å². The van der Waals surface area contributed by atoms with Gasteiger partial charge in [-0.2, -0.15) is 0 Å². The fourth-order valence-electron chi connectivity index (χ4n) is 3.19. The summed E-state index contributed by atoms with van der Waals surface area (Å²) in [4.78, 5) is 16.3. The molecule has 6 heteroatoms. The van der Waals surface area contributed by atoms with Gasteiger partial charge in [0.15, 0.2) is 0 Å². The fourth-order valence-corrected chi connectivity index (χ4v) is 3.19. The van der Waals surface area contributed by atoms with Crippen LogP contribution in [0.5, 0.6) is 5.75 Å². The number of methoxy groups -OCH3 is 1. The van der Waals surface area contributed by atoms with Crippen LogP contribution in [-0.4, -0.2) is 47.6 Å². The molecule has 128 valence electrons. The van der Waals surface area contributed by atoms with Crippen molar-refractivity contribution < 1.29 is 14.1 Å². The molecule has 0 bridgehead atoms. The molecule has 1 fully saturated rings. The average molecular weight is 329 g/mol. The molecule has 2 aromatic rings. The van der Waals surface area contributed by atoms with Gasteiger partial charge < -0.3 is 14.2 Å². The average Bonchev–Trinajstić information content (AvgIpc) is 2.99. The number of aryl methyl sites for hydroxylation is 1. The number of piperazine rings is 1. The zero-order valence-corrected chi connectivity index (χ0v) is 14.4. The third-order valence-corrected chi connectivity index (χ3v) is 4.43. The summed E-state index contributed by atoms with van der Waals surface area (Å²) in [7, 11) is 1.65. The van der Waals surface area contributed by atoms with E-state index in [1.807, 2.05) is 42.2 Å². The molecule has 24 heavy (non-hydrogen) atoms. The third kappa shape index (κ3) is 3.59. The Bertz CT molecular complexity index is 696. The molecule has 0 saturated carbocycles. The number of ether oxygens (including phenoxy) is 1. The normalized spacial score (nSPS) is 18.6. The first kappa shape index (κ1) is 16.5. The molecule has 1 unspecified atom stereocenters. The SMILES string of the molecule is COc1ccc(C2CN(Cc3cc(C)on3)CCN2C(C)=O)cc1. The summed E-state index contributed by atoms with van der Waals surface area (Å²) in [5.41, 5.74) is 2.05. The summed E-state index contributed by atoms with van der Waals surface area (Å²) in [6.45, 7) is 6.58. The van der Waals surface area contributed by atoms with Crippen LogP contribution in [0.25, 0.3) is 0 Å². The van der Waals surface area contributed by atoms with E-state index < -0.39 is 0 Å². The van der Waals surface area contributed by atoms with Crippen LogP contribution >= 0.6 is 0 Å². The second kappa shape index (κ2) is 7.05. The lowest BCUT2D eigenvalue weighted by Crippen LogP contribution is -2.49. The molecule has 1 saturated heterocycles. The minimum Gasteiger partial charge on any atom is -0.497 e. The van der Waals surface area contributed by atoms with Crippen LogP contribution in [0.1, 0.15) is 30.0 Å². The molecule has 0 aliphatic carbocycles. The molecule has 0 spiro atoms. The Kier molecular flexibility index (Phi) is 4.85. The van der Waals surface area contributed by atoms with Crippen molar-refractivity contribution in [1.29, 1.82) is 0 Å². The Morgan fingerprint density at radius 1 is 1.33 bits per heavy atom. The molecule has 1 atom stereocenters. The van der Waals surface area contributed by atoms with Crippen molar-refractivity contribution in [1.82, 2.24) is 15.0 Å². The van der Waals surface area contributed by atoms with E-state index in [2.05, 4.69) is 10.1 Å². The Morgan fingerprint density at radius 3 is 2.67 bits per heavy atom.